The maximum absolute atomic E-state index is 6.25. The molecule has 2 aromatic heterocycles. The number of nitrogens with zero attached hydrogens (tertiary/aromatic N) is 3. The maximum Gasteiger partial charge on any atom is 0.231 e. The highest BCUT2D eigenvalue weighted by Gasteiger charge is 2.27. The van der Waals surface area contributed by atoms with Crippen LogP contribution in [0.5, 0.6) is 0 Å². The highest BCUT2D eigenvalue weighted by molar-refractivity contribution is 5.57. The summed E-state index contributed by atoms with van der Waals surface area (Å²) in [6, 6.07) is 2.04. The van der Waals surface area contributed by atoms with Gasteiger partial charge in [0.1, 0.15) is 0 Å². The number of hydrogen-bond acceptors (Lipinski definition) is 5. The highest BCUT2D eigenvalue weighted by Crippen LogP contribution is 2.31. The molecule has 1 aliphatic rings. The van der Waals surface area contributed by atoms with Crippen LogP contribution in [0.25, 0.3) is 11.4 Å². The lowest BCUT2D eigenvalue weighted by molar-refractivity contribution is 0.326. The number of nitrogens with two attached hydrogens (primary N) is 1. The number of hydrogen-bond donors (Lipinski definition) is 1. The van der Waals surface area contributed by atoms with Gasteiger partial charge in [-0.25, -0.2) is 0 Å². The largest absolute Gasteiger partial charge is 0.339 e. The Bertz CT molecular complexity index is 581. The van der Waals surface area contributed by atoms with Crippen molar-refractivity contribution >= 4 is 0 Å². The molecule has 5 heteroatoms. The van der Waals surface area contributed by atoms with E-state index in [1.54, 1.807) is 6.20 Å². The molecular weight excluding hydrogens is 252 g/mol. The molecule has 1 aliphatic carbocycles. The predicted molar refractivity (Wildman–Crippen MR) is 76.1 cm³/mol. The number of aromatic nitrogens is 3. The molecule has 1 saturated carbocycles. The molecule has 0 aliphatic heterocycles. The van der Waals surface area contributed by atoms with Gasteiger partial charge >= 0.3 is 0 Å². The lowest BCUT2D eigenvalue weighted by atomic mass is 9.95. The van der Waals surface area contributed by atoms with Crippen LogP contribution in [-0.4, -0.2) is 21.2 Å². The van der Waals surface area contributed by atoms with Crippen LogP contribution in [0.1, 0.15) is 49.5 Å². The second-order valence-electron chi connectivity index (χ2n) is 5.56. The summed E-state index contributed by atoms with van der Waals surface area (Å²) in [7, 11) is 0. The lowest BCUT2D eigenvalue weighted by Crippen LogP contribution is -2.27. The van der Waals surface area contributed by atoms with Crippen LogP contribution in [-0.2, 0) is 0 Å². The molecule has 2 N–H and O–H groups in total. The molecule has 1 fully saturated rings. The van der Waals surface area contributed by atoms with Gasteiger partial charge in [0.15, 0.2) is 0 Å². The molecule has 0 aromatic carbocycles. The Morgan fingerprint density at radius 2 is 2.10 bits per heavy atom. The van der Waals surface area contributed by atoms with Gasteiger partial charge in [0.25, 0.3) is 0 Å². The van der Waals surface area contributed by atoms with Gasteiger partial charge in [-0.2, -0.15) is 4.98 Å². The predicted octanol–water partition coefficient (Wildman–Crippen LogP) is 2.82. The minimum absolute atomic E-state index is 0.129. The highest BCUT2D eigenvalue weighted by atomic mass is 16.5. The molecule has 3 rings (SSSR count). The first-order chi connectivity index (χ1) is 9.75. The normalized spacial score (nSPS) is 23.5. The first kappa shape index (κ1) is 13.2. The maximum atomic E-state index is 6.25. The van der Waals surface area contributed by atoms with Gasteiger partial charge in [0.05, 0.1) is 5.92 Å². The zero-order valence-electron chi connectivity index (χ0n) is 11.7. The molecular formula is C15H20N4O. The van der Waals surface area contributed by atoms with E-state index in [0.29, 0.717) is 11.7 Å². The Morgan fingerprint density at radius 1 is 1.25 bits per heavy atom. The summed E-state index contributed by atoms with van der Waals surface area (Å²) in [6.07, 6.45) is 9.26. The van der Waals surface area contributed by atoms with Crippen molar-refractivity contribution in [3.63, 3.8) is 0 Å². The van der Waals surface area contributed by atoms with Gasteiger partial charge in [-0.15, -0.1) is 0 Å². The quantitative estimate of drug-likeness (QED) is 0.850. The molecule has 2 unspecified atom stereocenters. The van der Waals surface area contributed by atoms with Gasteiger partial charge in [-0.3, -0.25) is 4.98 Å². The molecule has 106 valence electrons. The molecule has 0 bridgehead atoms. The van der Waals surface area contributed by atoms with E-state index < -0.39 is 0 Å². The van der Waals surface area contributed by atoms with E-state index >= 15 is 0 Å². The fourth-order valence-corrected chi connectivity index (χ4v) is 2.86. The summed E-state index contributed by atoms with van der Waals surface area (Å²) in [5, 5.41) is 4.12. The Balaban J connectivity index is 1.88. The van der Waals surface area contributed by atoms with Gasteiger partial charge in [-0.05, 0) is 31.4 Å². The average molecular weight is 272 g/mol. The summed E-state index contributed by atoms with van der Waals surface area (Å²) in [4.78, 5) is 8.66. The van der Waals surface area contributed by atoms with Crippen LogP contribution in [0.4, 0.5) is 0 Å². The van der Waals surface area contributed by atoms with Gasteiger partial charge in [0.2, 0.25) is 11.7 Å². The van der Waals surface area contributed by atoms with Crippen molar-refractivity contribution in [1.82, 2.24) is 15.1 Å². The van der Waals surface area contributed by atoms with E-state index in [9.17, 15) is 0 Å². The van der Waals surface area contributed by atoms with Crippen LogP contribution < -0.4 is 5.73 Å². The molecule has 0 radical (unpaired) electrons. The first-order valence-corrected chi connectivity index (χ1v) is 7.26. The average Bonchev–Trinajstić information content (AvgIpc) is 2.82. The third-order valence-corrected chi connectivity index (χ3v) is 4.09. The van der Waals surface area contributed by atoms with E-state index in [1.165, 1.54) is 19.3 Å². The Labute approximate surface area is 118 Å². The smallest absolute Gasteiger partial charge is 0.231 e. The Kier molecular flexibility index (Phi) is 3.78. The molecule has 2 heterocycles. The van der Waals surface area contributed by atoms with E-state index in [2.05, 4.69) is 15.1 Å². The van der Waals surface area contributed by atoms with Crippen LogP contribution in [0.2, 0.25) is 0 Å². The summed E-state index contributed by atoms with van der Waals surface area (Å²) in [5.74, 6) is 1.52. The topological polar surface area (TPSA) is 77.8 Å². The van der Waals surface area contributed by atoms with Crippen LogP contribution >= 0.6 is 0 Å². The SMILES string of the molecule is Cc1cnccc1-c1noc(C2CCCCCC2N)n1. The zero-order valence-corrected chi connectivity index (χ0v) is 11.7. The molecule has 0 spiro atoms. The lowest BCUT2D eigenvalue weighted by Gasteiger charge is -2.16. The summed E-state index contributed by atoms with van der Waals surface area (Å²) < 4.78 is 5.48. The zero-order chi connectivity index (χ0) is 13.9. The third kappa shape index (κ3) is 2.58. The minimum Gasteiger partial charge on any atom is -0.339 e. The van der Waals surface area contributed by atoms with Gasteiger partial charge in [0, 0.05) is 24.0 Å². The van der Waals surface area contributed by atoms with E-state index in [-0.39, 0.29) is 12.0 Å². The van der Waals surface area contributed by atoms with Crippen LogP contribution in [0.15, 0.2) is 23.0 Å². The van der Waals surface area contributed by atoms with E-state index in [1.807, 2.05) is 19.2 Å². The van der Waals surface area contributed by atoms with Crippen molar-refractivity contribution in [2.45, 2.75) is 51.0 Å². The number of pyridine rings is 1. The molecule has 2 aromatic rings. The minimum atomic E-state index is 0.129. The van der Waals surface area contributed by atoms with Crippen molar-refractivity contribution in [1.29, 1.82) is 0 Å². The molecule has 0 saturated heterocycles. The van der Waals surface area contributed by atoms with Crippen LogP contribution in [0, 0.1) is 6.92 Å². The van der Waals surface area contributed by atoms with Gasteiger partial charge < -0.3 is 10.3 Å². The fourth-order valence-electron chi connectivity index (χ4n) is 2.86. The second kappa shape index (κ2) is 5.71. The number of aryl methyl sites for hydroxylation is 1. The van der Waals surface area contributed by atoms with Crippen molar-refractivity contribution in [3.05, 3.63) is 29.9 Å². The monoisotopic (exact) mass is 272 g/mol. The summed E-state index contributed by atoms with van der Waals surface area (Å²) in [6.45, 7) is 2.00. The Morgan fingerprint density at radius 3 is 2.95 bits per heavy atom. The van der Waals surface area contributed by atoms with E-state index in [0.717, 1.165) is 24.0 Å². The van der Waals surface area contributed by atoms with Crippen molar-refractivity contribution < 1.29 is 4.52 Å². The third-order valence-electron chi connectivity index (χ3n) is 4.09. The first-order valence-electron chi connectivity index (χ1n) is 7.26. The van der Waals surface area contributed by atoms with Crippen molar-refractivity contribution in [2.75, 3.05) is 0 Å². The molecule has 20 heavy (non-hydrogen) atoms. The standard InChI is InChI=1S/C15H20N4O/c1-10-9-17-8-7-11(10)14-18-15(20-19-14)12-5-3-2-4-6-13(12)16/h7-9,12-13H,2-6,16H2,1H3. The van der Waals surface area contributed by atoms with Crippen molar-refractivity contribution in [3.8, 4) is 11.4 Å². The van der Waals surface area contributed by atoms with Crippen LogP contribution in [0.3, 0.4) is 0 Å². The Hall–Kier alpha value is -1.75. The number of rotatable bonds is 2. The van der Waals surface area contributed by atoms with Crippen molar-refractivity contribution in [2.24, 2.45) is 5.73 Å². The summed E-state index contributed by atoms with van der Waals surface area (Å²) in [5.41, 5.74) is 8.27. The fraction of sp³-hybridized carbons (Fsp3) is 0.533. The summed E-state index contributed by atoms with van der Waals surface area (Å²) >= 11 is 0. The molecule has 0 amide bonds. The second-order valence-corrected chi connectivity index (χ2v) is 5.56. The molecule has 5 nitrogen and oxygen atoms in total. The molecule has 2 atom stereocenters. The van der Waals surface area contributed by atoms with Gasteiger partial charge in [-0.1, -0.05) is 24.4 Å². The van der Waals surface area contributed by atoms with E-state index in [4.69, 9.17) is 10.3 Å².